The van der Waals surface area contributed by atoms with E-state index in [9.17, 15) is 9.90 Å². The lowest BCUT2D eigenvalue weighted by molar-refractivity contribution is -0.125. The van der Waals surface area contributed by atoms with Crippen molar-refractivity contribution in [2.24, 2.45) is 17.6 Å². The molecule has 0 radical (unpaired) electrons. The van der Waals surface area contributed by atoms with Crippen molar-refractivity contribution in [3.8, 4) is 0 Å². The molecule has 1 amide bonds. The van der Waals surface area contributed by atoms with Crippen molar-refractivity contribution in [3.05, 3.63) is 0 Å². The van der Waals surface area contributed by atoms with Gasteiger partial charge in [-0.3, -0.25) is 4.79 Å². The van der Waals surface area contributed by atoms with Crippen LogP contribution in [0.15, 0.2) is 0 Å². The van der Waals surface area contributed by atoms with Crippen LogP contribution >= 0.6 is 0 Å². The fourth-order valence-electron chi connectivity index (χ4n) is 2.86. The van der Waals surface area contributed by atoms with Crippen LogP contribution in [0.4, 0.5) is 0 Å². The molecule has 3 atom stereocenters. The number of aliphatic hydroxyl groups excluding tert-OH is 1. The average Bonchev–Trinajstić information content (AvgIpc) is 2.38. The topological polar surface area (TPSA) is 75.3 Å². The summed E-state index contributed by atoms with van der Waals surface area (Å²) in [5, 5.41) is 12.7. The molecule has 4 nitrogen and oxygen atoms in total. The molecule has 0 spiro atoms. The van der Waals surface area contributed by atoms with Gasteiger partial charge in [-0.25, -0.2) is 0 Å². The number of carbonyl (C=O) groups excluding carboxylic acids is 1. The second-order valence-electron chi connectivity index (χ2n) is 5.72. The minimum Gasteiger partial charge on any atom is -0.391 e. The minimum absolute atomic E-state index is 0.0288. The molecule has 106 valence electrons. The van der Waals surface area contributed by atoms with Crippen LogP contribution in [0.1, 0.15) is 51.9 Å². The molecule has 0 aromatic carbocycles. The second kappa shape index (κ2) is 7.74. The zero-order valence-corrected chi connectivity index (χ0v) is 11.7. The van der Waals surface area contributed by atoms with Crippen molar-refractivity contribution in [3.63, 3.8) is 0 Å². The van der Waals surface area contributed by atoms with Gasteiger partial charge in [-0.15, -0.1) is 0 Å². The Morgan fingerprint density at radius 3 is 2.56 bits per heavy atom. The highest BCUT2D eigenvalue weighted by Gasteiger charge is 2.24. The third-order valence-corrected chi connectivity index (χ3v) is 4.11. The van der Waals surface area contributed by atoms with Gasteiger partial charge < -0.3 is 16.2 Å². The van der Waals surface area contributed by atoms with Crippen molar-refractivity contribution in [2.75, 3.05) is 7.05 Å². The van der Waals surface area contributed by atoms with E-state index in [2.05, 4.69) is 5.32 Å². The molecular weight excluding hydrogens is 228 g/mol. The Morgan fingerprint density at radius 2 is 2.00 bits per heavy atom. The van der Waals surface area contributed by atoms with E-state index in [0.717, 1.165) is 6.42 Å². The van der Waals surface area contributed by atoms with Gasteiger partial charge in [0.1, 0.15) is 0 Å². The van der Waals surface area contributed by atoms with Crippen LogP contribution in [0.5, 0.6) is 0 Å². The molecule has 18 heavy (non-hydrogen) atoms. The number of nitrogens with two attached hydrogens (primary N) is 1. The molecule has 0 saturated heterocycles. The smallest absolute Gasteiger partial charge is 0.222 e. The van der Waals surface area contributed by atoms with E-state index >= 15 is 0 Å². The summed E-state index contributed by atoms with van der Waals surface area (Å²) >= 11 is 0. The van der Waals surface area contributed by atoms with Crippen LogP contribution in [-0.4, -0.2) is 30.2 Å². The molecule has 1 fully saturated rings. The SMILES string of the molecule is CNC(=O)C(C)CC(O)C(N)CC1CCCCC1. The van der Waals surface area contributed by atoms with Crippen LogP contribution in [-0.2, 0) is 4.79 Å². The molecule has 1 aliphatic rings. The molecule has 0 aromatic rings. The van der Waals surface area contributed by atoms with Crippen molar-refractivity contribution in [1.29, 1.82) is 0 Å². The van der Waals surface area contributed by atoms with E-state index in [-0.39, 0.29) is 17.9 Å². The van der Waals surface area contributed by atoms with E-state index in [1.807, 2.05) is 6.92 Å². The Balaban J connectivity index is 2.31. The molecule has 0 heterocycles. The maximum atomic E-state index is 11.4. The van der Waals surface area contributed by atoms with Crippen LogP contribution < -0.4 is 11.1 Å². The van der Waals surface area contributed by atoms with Crippen molar-refractivity contribution >= 4 is 5.91 Å². The van der Waals surface area contributed by atoms with Gasteiger partial charge in [0.25, 0.3) is 0 Å². The fraction of sp³-hybridized carbons (Fsp3) is 0.929. The molecule has 3 unspecified atom stereocenters. The summed E-state index contributed by atoms with van der Waals surface area (Å²) < 4.78 is 0. The third-order valence-electron chi connectivity index (χ3n) is 4.11. The zero-order chi connectivity index (χ0) is 13.5. The predicted octanol–water partition coefficient (Wildman–Crippen LogP) is 1.42. The first-order chi connectivity index (χ1) is 8.54. The maximum absolute atomic E-state index is 11.4. The van der Waals surface area contributed by atoms with E-state index in [0.29, 0.717) is 12.3 Å². The lowest BCUT2D eigenvalue weighted by Gasteiger charge is -2.28. The number of amides is 1. The van der Waals surface area contributed by atoms with Gasteiger partial charge in [0, 0.05) is 19.0 Å². The predicted molar refractivity (Wildman–Crippen MR) is 73.0 cm³/mol. The summed E-state index contributed by atoms with van der Waals surface area (Å²) in [5.74, 6) is 0.458. The summed E-state index contributed by atoms with van der Waals surface area (Å²) in [6.45, 7) is 1.83. The van der Waals surface area contributed by atoms with Crippen LogP contribution in [0.25, 0.3) is 0 Å². The molecule has 4 N–H and O–H groups in total. The van der Waals surface area contributed by atoms with Gasteiger partial charge in [0.15, 0.2) is 0 Å². The molecule has 0 aliphatic heterocycles. The van der Waals surface area contributed by atoms with Gasteiger partial charge in [-0.05, 0) is 18.8 Å². The highest BCUT2D eigenvalue weighted by Crippen LogP contribution is 2.28. The number of hydrogen-bond acceptors (Lipinski definition) is 3. The number of nitrogens with one attached hydrogen (secondary N) is 1. The van der Waals surface area contributed by atoms with E-state index < -0.39 is 6.10 Å². The normalized spacial score (nSPS) is 22.2. The lowest BCUT2D eigenvalue weighted by atomic mass is 9.83. The van der Waals surface area contributed by atoms with E-state index in [1.54, 1.807) is 7.05 Å². The summed E-state index contributed by atoms with van der Waals surface area (Å²) in [6, 6.07) is -0.194. The number of carbonyl (C=O) groups is 1. The number of rotatable bonds is 6. The zero-order valence-electron chi connectivity index (χ0n) is 11.7. The molecule has 1 rings (SSSR count). The Labute approximate surface area is 110 Å². The number of aliphatic hydroxyl groups is 1. The summed E-state index contributed by atoms with van der Waals surface area (Å²) in [4.78, 5) is 11.4. The van der Waals surface area contributed by atoms with Gasteiger partial charge in [0.2, 0.25) is 5.91 Å². The van der Waals surface area contributed by atoms with Crippen molar-refractivity contribution in [1.82, 2.24) is 5.32 Å². The molecule has 1 aliphatic carbocycles. The second-order valence-corrected chi connectivity index (χ2v) is 5.72. The lowest BCUT2D eigenvalue weighted by Crippen LogP contribution is -2.39. The summed E-state index contributed by atoms with van der Waals surface area (Å²) in [6.07, 6.45) is 7.18. The average molecular weight is 256 g/mol. The molecule has 4 heteroatoms. The monoisotopic (exact) mass is 256 g/mol. The standard InChI is InChI=1S/C14H28N2O2/c1-10(14(18)16-2)8-13(17)12(15)9-11-6-4-3-5-7-11/h10-13,17H,3-9,15H2,1-2H3,(H,16,18). The van der Waals surface area contributed by atoms with E-state index in [4.69, 9.17) is 5.73 Å². The first kappa shape index (κ1) is 15.4. The Bertz CT molecular complexity index is 252. The molecular formula is C14H28N2O2. The van der Waals surface area contributed by atoms with Gasteiger partial charge in [-0.1, -0.05) is 39.0 Å². The first-order valence-corrected chi connectivity index (χ1v) is 7.19. The van der Waals surface area contributed by atoms with Gasteiger partial charge in [0.05, 0.1) is 6.10 Å². The van der Waals surface area contributed by atoms with Gasteiger partial charge in [-0.2, -0.15) is 0 Å². The number of hydrogen-bond donors (Lipinski definition) is 3. The Kier molecular flexibility index (Phi) is 6.65. The van der Waals surface area contributed by atoms with Crippen molar-refractivity contribution < 1.29 is 9.90 Å². The maximum Gasteiger partial charge on any atom is 0.222 e. The highest BCUT2D eigenvalue weighted by molar-refractivity contribution is 5.77. The van der Waals surface area contributed by atoms with Crippen LogP contribution in [0.3, 0.4) is 0 Å². The van der Waals surface area contributed by atoms with Gasteiger partial charge >= 0.3 is 0 Å². The Morgan fingerprint density at radius 1 is 1.39 bits per heavy atom. The molecule has 1 saturated carbocycles. The Hall–Kier alpha value is -0.610. The van der Waals surface area contributed by atoms with Crippen LogP contribution in [0, 0.1) is 11.8 Å². The quantitative estimate of drug-likeness (QED) is 0.672. The molecule has 0 aromatic heterocycles. The summed E-state index contributed by atoms with van der Waals surface area (Å²) in [5.41, 5.74) is 6.06. The minimum atomic E-state index is -0.570. The highest BCUT2D eigenvalue weighted by atomic mass is 16.3. The third kappa shape index (κ3) is 4.94. The summed E-state index contributed by atoms with van der Waals surface area (Å²) in [7, 11) is 1.62. The van der Waals surface area contributed by atoms with Crippen molar-refractivity contribution in [2.45, 2.75) is 64.0 Å². The van der Waals surface area contributed by atoms with Crippen LogP contribution in [0.2, 0.25) is 0 Å². The van der Waals surface area contributed by atoms with E-state index in [1.165, 1.54) is 32.1 Å². The fourth-order valence-corrected chi connectivity index (χ4v) is 2.86. The largest absolute Gasteiger partial charge is 0.391 e. The first-order valence-electron chi connectivity index (χ1n) is 7.19. The molecule has 0 bridgehead atoms.